The molecular formula is C16H31N. The van der Waals surface area contributed by atoms with Crippen molar-refractivity contribution in [2.45, 2.75) is 66.2 Å². The Bertz CT molecular complexity index is 198. The smallest absolute Gasteiger partial charge is 0.0326 e. The molecule has 1 aliphatic carbocycles. The van der Waals surface area contributed by atoms with Crippen molar-refractivity contribution < 1.29 is 0 Å². The standard InChI is InChI=1S/C7H13N.C7H14.C2H4/c1-4-6-8-7(3)5-2;1-7-5-3-2-4-6-7;1-2/h5-6H,4H2,1-3H3;7H,2-6H2,1H3;1-2H2/b7-5-,8-6?;;. The molecule has 0 amide bonds. The molecule has 100 valence electrons. The van der Waals surface area contributed by atoms with Crippen LogP contribution in [0.5, 0.6) is 0 Å². The first kappa shape index (κ1) is 18.5. The van der Waals surface area contributed by atoms with Crippen molar-refractivity contribution in [2.24, 2.45) is 10.9 Å². The Morgan fingerprint density at radius 3 is 2.06 bits per heavy atom. The van der Waals surface area contributed by atoms with Gasteiger partial charge < -0.3 is 0 Å². The Balaban J connectivity index is 0. The van der Waals surface area contributed by atoms with E-state index >= 15 is 0 Å². The topological polar surface area (TPSA) is 12.4 Å². The SMILES string of the molecule is C/C=C(/C)N=CCC.C=C.CC1CCCCC1. The van der Waals surface area contributed by atoms with E-state index in [0.717, 1.165) is 18.0 Å². The molecule has 0 bridgehead atoms. The lowest BCUT2D eigenvalue weighted by molar-refractivity contribution is 0.385. The molecule has 0 heterocycles. The largest absolute Gasteiger partial charge is 0.266 e. The molecule has 0 atom stereocenters. The normalized spacial score (nSPS) is 16.8. The highest BCUT2D eigenvalue weighted by Crippen LogP contribution is 2.22. The van der Waals surface area contributed by atoms with E-state index in [1.165, 1.54) is 32.1 Å². The zero-order valence-electron chi connectivity index (χ0n) is 12.3. The van der Waals surface area contributed by atoms with Gasteiger partial charge in [0.05, 0.1) is 0 Å². The fraction of sp³-hybridized carbons (Fsp3) is 0.688. The molecular weight excluding hydrogens is 206 g/mol. The first-order chi connectivity index (χ1) is 8.20. The summed E-state index contributed by atoms with van der Waals surface area (Å²) in [7, 11) is 0. The van der Waals surface area contributed by atoms with E-state index < -0.39 is 0 Å². The summed E-state index contributed by atoms with van der Waals surface area (Å²) in [6.07, 6.45) is 12.4. The highest BCUT2D eigenvalue weighted by atomic mass is 14.7. The number of nitrogens with zero attached hydrogens (tertiary/aromatic N) is 1. The van der Waals surface area contributed by atoms with Crippen LogP contribution in [-0.4, -0.2) is 6.21 Å². The second kappa shape index (κ2) is 15.1. The van der Waals surface area contributed by atoms with Crippen molar-refractivity contribution in [3.63, 3.8) is 0 Å². The van der Waals surface area contributed by atoms with Gasteiger partial charge >= 0.3 is 0 Å². The molecule has 1 fully saturated rings. The van der Waals surface area contributed by atoms with Crippen LogP contribution in [0.3, 0.4) is 0 Å². The van der Waals surface area contributed by atoms with Gasteiger partial charge in [-0.1, -0.05) is 52.0 Å². The molecule has 0 aliphatic heterocycles. The van der Waals surface area contributed by atoms with Gasteiger partial charge in [-0.3, -0.25) is 4.99 Å². The Morgan fingerprint density at radius 1 is 1.24 bits per heavy atom. The third-order valence-corrected chi connectivity index (χ3v) is 2.79. The minimum atomic E-state index is 1.02. The zero-order chi connectivity index (χ0) is 13.5. The number of aliphatic imine (C=N–C) groups is 1. The Hall–Kier alpha value is -0.850. The van der Waals surface area contributed by atoms with Gasteiger partial charge in [-0.25, -0.2) is 0 Å². The van der Waals surface area contributed by atoms with Gasteiger partial charge in [0.15, 0.2) is 0 Å². The van der Waals surface area contributed by atoms with E-state index in [1.54, 1.807) is 0 Å². The summed E-state index contributed by atoms with van der Waals surface area (Å²) in [6.45, 7) is 14.4. The predicted octanol–water partition coefficient (Wildman–Crippen LogP) is 5.78. The van der Waals surface area contributed by atoms with Crippen LogP contribution in [0.15, 0.2) is 29.9 Å². The lowest BCUT2D eigenvalue weighted by atomic mass is 9.91. The molecule has 0 radical (unpaired) electrons. The molecule has 1 nitrogen and oxygen atoms in total. The van der Waals surface area contributed by atoms with Gasteiger partial charge in [0.2, 0.25) is 0 Å². The Morgan fingerprint density at radius 2 is 1.76 bits per heavy atom. The van der Waals surface area contributed by atoms with Crippen molar-refractivity contribution in [2.75, 3.05) is 0 Å². The van der Waals surface area contributed by atoms with Crippen LogP contribution < -0.4 is 0 Å². The van der Waals surface area contributed by atoms with E-state index in [9.17, 15) is 0 Å². The summed E-state index contributed by atoms with van der Waals surface area (Å²) in [5, 5.41) is 0. The molecule has 1 heteroatoms. The maximum atomic E-state index is 4.10. The molecule has 0 unspecified atom stereocenters. The predicted molar refractivity (Wildman–Crippen MR) is 81.7 cm³/mol. The first-order valence-corrected chi connectivity index (χ1v) is 6.86. The highest BCUT2D eigenvalue weighted by Gasteiger charge is 2.05. The second-order valence-electron chi connectivity index (χ2n) is 4.39. The second-order valence-corrected chi connectivity index (χ2v) is 4.39. The van der Waals surface area contributed by atoms with Gasteiger partial charge in [-0.05, 0) is 26.2 Å². The minimum Gasteiger partial charge on any atom is -0.266 e. The molecule has 17 heavy (non-hydrogen) atoms. The van der Waals surface area contributed by atoms with Gasteiger partial charge in [0.1, 0.15) is 0 Å². The van der Waals surface area contributed by atoms with Crippen molar-refractivity contribution in [3.05, 3.63) is 24.9 Å². The average Bonchev–Trinajstić information content (AvgIpc) is 2.40. The lowest BCUT2D eigenvalue weighted by Crippen LogP contribution is -1.99. The summed E-state index contributed by atoms with van der Waals surface area (Å²) in [6, 6.07) is 0. The van der Waals surface area contributed by atoms with Gasteiger partial charge in [0.25, 0.3) is 0 Å². The maximum Gasteiger partial charge on any atom is 0.0326 e. The fourth-order valence-electron chi connectivity index (χ4n) is 1.62. The minimum absolute atomic E-state index is 1.02. The quantitative estimate of drug-likeness (QED) is 0.426. The number of rotatable bonds is 2. The van der Waals surface area contributed by atoms with Crippen molar-refractivity contribution in [1.29, 1.82) is 0 Å². The van der Waals surface area contributed by atoms with Crippen LogP contribution in [-0.2, 0) is 0 Å². The molecule has 0 N–H and O–H groups in total. The van der Waals surface area contributed by atoms with Gasteiger partial charge in [-0.15, -0.1) is 13.2 Å². The zero-order valence-corrected chi connectivity index (χ0v) is 12.3. The third kappa shape index (κ3) is 15.1. The summed E-state index contributed by atoms with van der Waals surface area (Å²) in [5.41, 5.74) is 1.09. The molecule has 0 aromatic rings. The van der Waals surface area contributed by atoms with Crippen molar-refractivity contribution in [3.8, 4) is 0 Å². The maximum absolute atomic E-state index is 4.10. The monoisotopic (exact) mass is 237 g/mol. The molecule has 1 saturated carbocycles. The Kier molecular flexibility index (Phi) is 16.5. The summed E-state index contributed by atoms with van der Waals surface area (Å²) in [5.74, 6) is 1.04. The van der Waals surface area contributed by atoms with Crippen LogP contribution in [0.4, 0.5) is 0 Å². The third-order valence-electron chi connectivity index (χ3n) is 2.79. The molecule has 0 spiro atoms. The van der Waals surface area contributed by atoms with E-state index in [0.29, 0.717) is 0 Å². The molecule has 0 saturated heterocycles. The van der Waals surface area contributed by atoms with E-state index in [-0.39, 0.29) is 0 Å². The van der Waals surface area contributed by atoms with Crippen LogP contribution in [0.1, 0.15) is 66.2 Å². The average molecular weight is 237 g/mol. The first-order valence-electron chi connectivity index (χ1n) is 6.86. The van der Waals surface area contributed by atoms with Crippen LogP contribution in [0.25, 0.3) is 0 Å². The molecule has 0 aromatic carbocycles. The fourth-order valence-corrected chi connectivity index (χ4v) is 1.62. The van der Waals surface area contributed by atoms with E-state index in [1.807, 2.05) is 26.1 Å². The van der Waals surface area contributed by atoms with Crippen LogP contribution >= 0.6 is 0 Å². The van der Waals surface area contributed by atoms with Crippen LogP contribution in [0.2, 0.25) is 0 Å². The number of hydrogen-bond donors (Lipinski definition) is 0. The molecule has 1 aliphatic rings. The number of allylic oxidation sites excluding steroid dienone is 2. The summed E-state index contributed by atoms with van der Waals surface area (Å²) < 4.78 is 0. The highest BCUT2D eigenvalue weighted by molar-refractivity contribution is 5.58. The van der Waals surface area contributed by atoms with Crippen molar-refractivity contribution in [1.82, 2.24) is 0 Å². The Labute approximate surface area is 109 Å². The molecule has 0 aromatic heterocycles. The van der Waals surface area contributed by atoms with E-state index in [4.69, 9.17) is 0 Å². The summed E-state index contributed by atoms with van der Waals surface area (Å²) in [4.78, 5) is 4.10. The van der Waals surface area contributed by atoms with Crippen LogP contribution in [0, 0.1) is 5.92 Å². The summed E-state index contributed by atoms with van der Waals surface area (Å²) >= 11 is 0. The lowest BCUT2D eigenvalue weighted by Gasteiger charge is -2.15. The van der Waals surface area contributed by atoms with E-state index in [2.05, 4.69) is 32.0 Å². The van der Waals surface area contributed by atoms with Gasteiger partial charge in [0, 0.05) is 11.9 Å². The van der Waals surface area contributed by atoms with Crippen molar-refractivity contribution >= 4 is 6.21 Å². The van der Waals surface area contributed by atoms with Gasteiger partial charge in [-0.2, -0.15) is 0 Å². The number of hydrogen-bond acceptors (Lipinski definition) is 1. The molecule has 1 rings (SSSR count).